The molecule has 0 aliphatic carbocycles. The van der Waals surface area contributed by atoms with Gasteiger partial charge in [0.05, 0.1) is 24.1 Å². The molecule has 0 bridgehead atoms. The highest BCUT2D eigenvalue weighted by Gasteiger charge is 2.40. The number of nitrogens with zero attached hydrogens (tertiary/aromatic N) is 1. The van der Waals surface area contributed by atoms with Crippen molar-refractivity contribution in [2.24, 2.45) is 0 Å². The lowest BCUT2D eigenvalue weighted by molar-refractivity contribution is -0.120. The van der Waals surface area contributed by atoms with Crippen LogP contribution >= 0.6 is 11.6 Å². The van der Waals surface area contributed by atoms with Crippen molar-refractivity contribution in [3.8, 4) is 5.75 Å². The Morgan fingerprint density at radius 2 is 1.62 bits per heavy atom. The lowest BCUT2D eigenvalue weighted by Crippen LogP contribution is -2.32. The van der Waals surface area contributed by atoms with Crippen molar-refractivity contribution >= 4 is 40.4 Å². The maximum Gasteiger partial charge on any atom is 0.282 e. The first kappa shape index (κ1) is 21.5. The third-order valence-electron chi connectivity index (χ3n) is 4.99. The molecule has 1 aliphatic heterocycles. The number of amides is 2. The van der Waals surface area contributed by atoms with Gasteiger partial charge < -0.3 is 10.1 Å². The first-order chi connectivity index (χ1) is 15.3. The van der Waals surface area contributed by atoms with E-state index in [2.05, 4.69) is 5.32 Å². The Hall–Kier alpha value is -3.71. The Labute approximate surface area is 187 Å². The number of anilines is 2. The summed E-state index contributed by atoms with van der Waals surface area (Å²) < 4.78 is 32.7. The van der Waals surface area contributed by atoms with E-state index < -0.39 is 23.4 Å². The molecule has 5 nitrogen and oxygen atoms in total. The van der Waals surface area contributed by atoms with Crippen LogP contribution in [0.1, 0.15) is 11.1 Å². The summed E-state index contributed by atoms with van der Waals surface area (Å²) in [6.45, 7) is 1.87. The van der Waals surface area contributed by atoms with E-state index in [4.69, 9.17) is 16.3 Å². The topological polar surface area (TPSA) is 58.6 Å². The number of halogens is 3. The van der Waals surface area contributed by atoms with Crippen LogP contribution in [0.15, 0.2) is 66.4 Å². The number of rotatable bonds is 5. The van der Waals surface area contributed by atoms with Crippen molar-refractivity contribution < 1.29 is 23.1 Å². The molecule has 0 radical (unpaired) electrons. The summed E-state index contributed by atoms with van der Waals surface area (Å²) in [6.07, 6.45) is 0. The van der Waals surface area contributed by atoms with Crippen LogP contribution < -0.4 is 15.0 Å². The van der Waals surface area contributed by atoms with Crippen molar-refractivity contribution in [1.29, 1.82) is 0 Å². The number of hydrogen-bond donors (Lipinski definition) is 1. The van der Waals surface area contributed by atoms with Gasteiger partial charge in [-0.3, -0.25) is 9.59 Å². The summed E-state index contributed by atoms with van der Waals surface area (Å²) in [5.74, 6) is -3.18. The average molecular weight is 455 g/mol. The van der Waals surface area contributed by atoms with Gasteiger partial charge in [0.1, 0.15) is 11.4 Å². The van der Waals surface area contributed by atoms with Gasteiger partial charge in [-0.2, -0.15) is 0 Å². The van der Waals surface area contributed by atoms with Crippen molar-refractivity contribution in [3.63, 3.8) is 0 Å². The van der Waals surface area contributed by atoms with Gasteiger partial charge in [-0.15, -0.1) is 0 Å². The lowest BCUT2D eigenvalue weighted by Gasteiger charge is -2.16. The smallest absolute Gasteiger partial charge is 0.282 e. The van der Waals surface area contributed by atoms with E-state index in [1.807, 2.05) is 13.0 Å². The number of carbonyl (C=O) groups is 2. The fourth-order valence-electron chi connectivity index (χ4n) is 3.44. The number of methoxy groups -OCH3 is 1. The summed E-state index contributed by atoms with van der Waals surface area (Å²) in [5.41, 5.74) is 1.77. The minimum Gasteiger partial charge on any atom is -0.495 e. The van der Waals surface area contributed by atoms with Gasteiger partial charge in [-0.1, -0.05) is 29.8 Å². The molecule has 0 unspecified atom stereocenters. The SMILES string of the molecule is COc1ccc(C)cc1NC1=C(c2ccc(Cl)cc2)C(=O)N(c2ccc(F)c(F)c2)C1=O. The molecule has 8 heteroatoms. The summed E-state index contributed by atoms with van der Waals surface area (Å²) in [7, 11) is 1.49. The van der Waals surface area contributed by atoms with Gasteiger partial charge in [0.25, 0.3) is 11.8 Å². The molecule has 2 amide bonds. The highest BCUT2D eigenvalue weighted by atomic mass is 35.5. The number of aryl methyl sites for hydroxylation is 1. The molecule has 0 spiro atoms. The van der Waals surface area contributed by atoms with Crippen LogP contribution in [0.25, 0.3) is 5.57 Å². The second-order valence-electron chi connectivity index (χ2n) is 7.13. The molecule has 32 heavy (non-hydrogen) atoms. The summed E-state index contributed by atoms with van der Waals surface area (Å²) in [4.78, 5) is 27.5. The first-order valence-corrected chi connectivity index (χ1v) is 9.93. The zero-order chi connectivity index (χ0) is 23.0. The van der Waals surface area contributed by atoms with Crippen LogP contribution in [0, 0.1) is 18.6 Å². The highest BCUT2D eigenvalue weighted by molar-refractivity contribution is 6.46. The number of hydrogen-bond acceptors (Lipinski definition) is 4. The van der Waals surface area contributed by atoms with E-state index in [0.29, 0.717) is 22.0 Å². The number of carbonyl (C=O) groups excluding carboxylic acids is 2. The summed E-state index contributed by atoms with van der Waals surface area (Å²) in [5, 5.41) is 3.47. The van der Waals surface area contributed by atoms with Gasteiger partial charge in [0.15, 0.2) is 11.6 Å². The molecule has 1 aliphatic rings. The van der Waals surface area contributed by atoms with Crippen LogP contribution in [-0.4, -0.2) is 18.9 Å². The second kappa shape index (κ2) is 8.43. The van der Waals surface area contributed by atoms with Crippen LogP contribution in [-0.2, 0) is 9.59 Å². The molecule has 0 aromatic heterocycles. The molecule has 3 aromatic rings. The number of imide groups is 1. The van der Waals surface area contributed by atoms with E-state index in [1.54, 1.807) is 36.4 Å². The Bertz CT molecular complexity index is 1270. The van der Waals surface area contributed by atoms with E-state index in [1.165, 1.54) is 13.2 Å². The molecular weight excluding hydrogens is 438 g/mol. The largest absolute Gasteiger partial charge is 0.495 e. The van der Waals surface area contributed by atoms with Crippen LogP contribution in [0.5, 0.6) is 5.75 Å². The van der Waals surface area contributed by atoms with Crippen LogP contribution in [0.3, 0.4) is 0 Å². The molecule has 3 aromatic carbocycles. The third kappa shape index (κ3) is 3.83. The highest BCUT2D eigenvalue weighted by Crippen LogP contribution is 2.36. The maximum atomic E-state index is 13.9. The maximum absolute atomic E-state index is 13.9. The van der Waals surface area contributed by atoms with E-state index >= 15 is 0 Å². The minimum absolute atomic E-state index is 0.0223. The van der Waals surface area contributed by atoms with Crippen LogP contribution in [0.4, 0.5) is 20.2 Å². The predicted molar refractivity (Wildman–Crippen MR) is 119 cm³/mol. The molecule has 1 N–H and O–H groups in total. The molecule has 0 fully saturated rings. The number of nitrogens with one attached hydrogen (secondary N) is 1. The van der Waals surface area contributed by atoms with E-state index in [0.717, 1.165) is 22.6 Å². The Kier molecular flexibility index (Phi) is 5.67. The minimum atomic E-state index is -1.17. The summed E-state index contributed by atoms with van der Waals surface area (Å²) in [6, 6.07) is 14.6. The zero-order valence-electron chi connectivity index (χ0n) is 17.1. The Balaban J connectivity index is 1.86. The molecule has 1 heterocycles. The average Bonchev–Trinajstić information content (AvgIpc) is 3.00. The molecular formula is C24H17ClF2N2O3. The van der Waals surface area contributed by atoms with Crippen molar-refractivity contribution in [1.82, 2.24) is 0 Å². The molecule has 0 saturated carbocycles. The predicted octanol–water partition coefficient (Wildman–Crippen LogP) is 5.33. The lowest BCUT2D eigenvalue weighted by atomic mass is 10.0. The third-order valence-corrected chi connectivity index (χ3v) is 5.24. The van der Waals surface area contributed by atoms with Crippen molar-refractivity contribution in [3.05, 3.63) is 94.1 Å². The molecule has 4 rings (SSSR count). The number of ether oxygens (including phenoxy) is 1. The van der Waals surface area contributed by atoms with Gasteiger partial charge >= 0.3 is 0 Å². The first-order valence-electron chi connectivity index (χ1n) is 9.56. The van der Waals surface area contributed by atoms with Crippen molar-refractivity contribution in [2.75, 3.05) is 17.3 Å². The van der Waals surface area contributed by atoms with Gasteiger partial charge in [-0.05, 0) is 54.4 Å². The van der Waals surface area contributed by atoms with E-state index in [-0.39, 0.29) is 17.0 Å². The van der Waals surface area contributed by atoms with Crippen molar-refractivity contribution in [2.45, 2.75) is 6.92 Å². The fraction of sp³-hybridized carbons (Fsp3) is 0.0833. The second-order valence-corrected chi connectivity index (χ2v) is 7.57. The van der Waals surface area contributed by atoms with E-state index in [9.17, 15) is 18.4 Å². The normalized spacial score (nSPS) is 13.7. The van der Waals surface area contributed by atoms with Crippen LogP contribution in [0.2, 0.25) is 5.02 Å². The quantitative estimate of drug-likeness (QED) is 0.529. The number of benzene rings is 3. The summed E-state index contributed by atoms with van der Waals surface area (Å²) >= 11 is 5.98. The van der Waals surface area contributed by atoms with Gasteiger partial charge in [0.2, 0.25) is 0 Å². The molecule has 0 atom stereocenters. The zero-order valence-corrected chi connectivity index (χ0v) is 17.8. The van der Waals surface area contributed by atoms with Gasteiger partial charge in [0, 0.05) is 11.1 Å². The molecule has 162 valence electrons. The molecule has 0 saturated heterocycles. The Morgan fingerprint density at radius 3 is 2.28 bits per heavy atom. The monoisotopic (exact) mass is 454 g/mol. The Morgan fingerprint density at radius 1 is 0.906 bits per heavy atom. The fourth-order valence-corrected chi connectivity index (χ4v) is 3.57. The van der Waals surface area contributed by atoms with Gasteiger partial charge in [-0.25, -0.2) is 13.7 Å². The standard InChI is InChI=1S/C24H17ClF2N2O3/c1-13-3-10-20(32-2)19(11-13)28-22-21(14-4-6-15(25)7-5-14)23(30)29(24(22)31)16-8-9-17(26)18(27)12-16/h3-12,28H,1-2H3.